The lowest BCUT2D eigenvalue weighted by atomic mass is 9.69. The Hall–Kier alpha value is -1.27. The molecule has 0 bridgehead atoms. The molecule has 0 fully saturated rings. The number of carbonyl (C=O) groups excluding carboxylic acids is 1. The summed E-state index contributed by atoms with van der Waals surface area (Å²) in [4.78, 5) is 12.1. The third-order valence-electron chi connectivity index (χ3n) is 6.39. The Morgan fingerprint density at radius 3 is 2.34 bits per heavy atom. The van der Waals surface area contributed by atoms with Gasteiger partial charge in [0.25, 0.3) is 0 Å². The molecule has 0 aliphatic carbocycles. The highest BCUT2D eigenvalue weighted by Gasteiger charge is 2.37. The van der Waals surface area contributed by atoms with Crippen LogP contribution in [-0.4, -0.2) is 46.7 Å². The fraction of sp³-hybridized carbons (Fsp3) is 0.870. The van der Waals surface area contributed by atoms with Gasteiger partial charge < -0.3 is 9.47 Å². The van der Waals surface area contributed by atoms with Gasteiger partial charge in [0.15, 0.2) is 0 Å². The van der Waals surface area contributed by atoms with Gasteiger partial charge in [-0.25, -0.2) is 4.68 Å². The maximum absolute atomic E-state index is 12.1. The highest BCUT2D eigenvalue weighted by molar-refractivity contribution is 5.81. The van der Waals surface area contributed by atoms with E-state index in [0.717, 1.165) is 37.8 Å². The molecule has 6 heteroatoms. The zero-order valence-electron chi connectivity index (χ0n) is 20.2. The number of carbonyl (C=O) groups is 1. The van der Waals surface area contributed by atoms with E-state index in [-0.39, 0.29) is 28.3 Å². The van der Waals surface area contributed by atoms with Crippen LogP contribution in [0.2, 0.25) is 0 Å². The molecule has 2 unspecified atom stereocenters. The van der Waals surface area contributed by atoms with Crippen molar-refractivity contribution in [3.05, 3.63) is 11.9 Å². The second kappa shape index (κ2) is 10.7. The van der Waals surface area contributed by atoms with E-state index in [0.29, 0.717) is 13.2 Å². The van der Waals surface area contributed by atoms with E-state index in [1.807, 2.05) is 18.5 Å². The number of Topliss-reactive ketones (excluding diaryl/α,β-unsaturated/α-hetero) is 1. The lowest BCUT2D eigenvalue weighted by molar-refractivity contribution is -0.126. The van der Waals surface area contributed by atoms with Gasteiger partial charge in [-0.05, 0) is 52.9 Å². The van der Waals surface area contributed by atoms with Crippen LogP contribution in [0.4, 0.5) is 0 Å². The molecule has 1 rings (SSSR count). The van der Waals surface area contributed by atoms with Crippen LogP contribution in [0.1, 0.15) is 99.2 Å². The zero-order valence-corrected chi connectivity index (χ0v) is 20.2. The normalized spacial score (nSPS) is 15.9. The predicted octanol–water partition coefficient (Wildman–Crippen LogP) is 5.12. The van der Waals surface area contributed by atoms with Gasteiger partial charge in [0.05, 0.1) is 17.3 Å². The van der Waals surface area contributed by atoms with Gasteiger partial charge in [0.1, 0.15) is 5.78 Å². The summed E-state index contributed by atoms with van der Waals surface area (Å²) >= 11 is 0. The Morgan fingerprint density at radius 1 is 1.17 bits per heavy atom. The summed E-state index contributed by atoms with van der Waals surface area (Å²) in [5.74, 6) is 0.212. The summed E-state index contributed by atoms with van der Waals surface area (Å²) in [5.41, 5.74) is 0.222. The summed E-state index contributed by atoms with van der Waals surface area (Å²) in [6.45, 7) is 17.8. The van der Waals surface area contributed by atoms with Crippen LogP contribution in [-0.2, 0) is 19.7 Å². The van der Waals surface area contributed by atoms with Crippen molar-refractivity contribution in [3.63, 3.8) is 0 Å². The van der Waals surface area contributed by atoms with Crippen molar-refractivity contribution in [3.8, 4) is 0 Å². The molecule has 1 aromatic heterocycles. The second-order valence-electron chi connectivity index (χ2n) is 9.82. The fourth-order valence-corrected chi connectivity index (χ4v) is 3.64. The van der Waals surface area contributed by atoms with Gasteiger partial charge >= 0.3 is 0 Å². The molecule has 0 amide bonds. The molecule has 29 heavy (non-hydrogen) atoms. The van der Waals surface area contributed by atoms with Gasteiger partial charge in [0, 0.05) is 37.4 Å². The Kier molecular flexibility index (Phi) is 9.48. The topological polar surface area (TPSA) is 66.2 Å². The van der Waals surface area contributed by atoms with Crippen LogP contribution in [0.5, 0.6) is 0 Å². The quantitative estimate of drug-likeness (QED) is 0.426. The molecule has 0 aromatic carbocycles. The molecule has 0 saturated heterocycles. The molecule has 2 atom stereocenters. The molecule has 6 nitrogen and oxygen atoms in total. The Morgan fingerprint density at radius 2 is 1.83 bits per heavy atom. The molecule has 0 radical (unpaired) electrons. The number of hydrogen-bond acceptors (Lipinski definition) is 5. The smallest absolute Gasteiger partial charge is 0.135 e. The summed E-state index contributed by atoms with van der Waals surface area (Å²) in [7, 11) is 1.72. The molecule has 168 valence electrons. The van der Waals surface area contributed by atoms with Crippen LogP contribution < -0.4 is 0 Å². The first-order valence-electron chi connectivity index (χ1n) is 11.0. The number of ketones is 1. The summed E-state index contributed by atoms with van der Waals surface area (Å²) < 4.78 is 13.2. The fourth-order valence-electron chi connectivity index (χ4n) is 3.64. The minimum absolute atomic E-state index is 0.176. The SMILES string of the molecule is CCC(CCOC(C)(C)CCOC)n1cc(C(C)(CC)CC(C)(C)C(C)=O)nn1. The van der Waals surface area contributed by atoms with E-state index in [2.05, 4.69) is 51.1 Å². The van der Waals surface area contributed by atoms with Crippen LogP contribution >= 0.6 is 0 Å². The van der Waals surface area contributed by atoms with Gasteiger partial charge in [-0.3, -0.25) is 4.79 Å². The minimum atomic E-state index is -0.375. The van der Waals surface area contributed by atoms with Crippen molar-refractivity contribution >= 4 is 5.78 Å². The van der Waals surface area contributed by atoms with Gasteiger partial charge in [-0.2, -0.15) is 0 Å². The average molecular weight is 410 g/mol. The molecule has 1 aromatic rings. The van der Waals surface area contributed by atoms with E-state index < -0.39 is 0 Å². The number of hydrogen-bond donors (Lipinski definition) is 0. The molecule has 0 N–H and O–H groups in total. The number of methoxy groups -OCH3 is 1. The number of ether oxygens (including phenoxy) is 2. The summed E-state index contributed by atoms with van der Waals surface area (Å²) in [6, 6.07) is 0.247. The molecule has 0 saturated carbocycles. The minimum Gasteiger partial charge on any atom is -0.385 e. The van der Waals surface area contributed by atoms with E-state index >= 15 is 0 Å². The van der Waals surface area contributed by atoms with Crippen molar-refractivity contribution in [2.75, 3.05) is 20.3 Å². The van der Waals surface area contributed by atoms with Gasteiger partial charge in [0.2, 0.25) is 0 Å². The zero-order chi connectivity index (χ0) is 22.3. The highest BCUT2D eigenvalue weighted by atomic mass is 16.5. The van der Waals surface area contributed by atoms with E-state index in [1.165, 1.54) is 0 Å². The predicted molar refractivity (Wildman–Crippen MR) is 117 cm³/mol. The van der Waals surface area contributed by atoms with E-state index in [1.54, 1.807) is 14.0 Å². The Labute approximate surface area is 177 Å². The molecular formula is C23H43N3O3. The van der Waals surface area contributed by atoms with Crippen molar-refractivity contribution in [1.82, 2.24) is 15.0 Å². The van der Waals surface area contributed by atoms with Crippen LogP contribution in [0, 0.1) is 5.41 Å². The first kappa shape index (κ1) is 25.8. The largest absolute Gasteiger partial charge is 0.385 e. The summed E-state index contributed by atoms with van der Waals surface area (Å²) in [6.07, 6.45) is 6.47. The van der Waals surface area contributed by atoms with Crippen molar-refractivity contribution < 1.29 is 14.3 Å². The first-order valence-corrected chi connectivity index (χ1v) is 11.0. The van der Waals surface area contributed by atoms with Crippen LogP contribution in [0.3, 0.4) is 0 Å². The van der Waals surface area contributed by atoms with Crippen molar-refractivity contribution in [2.45, 2.75) is 105 Å². The third-order valence-corrected chi connectivity index (χ3v) is 6.39. The van der Waals surface area contributed by atoms with E-state index in [9.17, 15) is 4.79 Å². The van der Waals surface area contributed by atoms with Gasteiger partial charge in [-0.15, -0.1) is 5.10 Å². The Bertz CT molecular complexity index is 639. The third kappa shape index (κ3) is 7.49. The van der Waals surface area contributed by atoms with Crippen molar-refractivity contribution in [2.24, 2.45) is 5.41 Å². The summed E-state index contributed by atoms with van der Waals surface area (Å²) in [5, 5.41) is 8.96. The number of aromatic nitrogens is 3. The van der Waals surface area contributed by atoms with Gasteiger partial charge in [-0.1, -0.05) is 39.8 Å². The molecule has 0 aliphatic rings. The lowest BCUT2D eigenvalue weighted by Gasteiger charge is -2.34. The van der Waals surface area contributed by atoms with Crippen molar-refractivity contribution in [1.29, 1.82) is 0 Å². The van der Waals surface area contributed by atoms with E-state index in [4.69, 9.17) is 9.47 Å². The lowest BCUT2D eigenvalue weighted by Crippen LogP contribution is -2.33. The van der Waals surface area contributed by atoms with Crippen LogP contribution in [0.25, 0.3) is 0 Å². The number of rotatable bonds is 14. The average Bonchev–Trinajstić information content (AvgIpc) is 3.13. The second-order valence-corrected chi connectivity index (χ2v) is 9.82. The molecule has 0 spiro atoms. The standard InChI is InChI=1S/C23H43N3O3/c1-10-19(12-14-29-22(6,7)13-15-28-9)26-16-20(24-25-26)23(8,11-2)17-21(4,5)18(3)27/h16,19H,10-15,17H2,1-9H3. The molecule has 0 aliphatic heterocycles. The van der Waals surface area contributed by atoms with Crippen LogP contribution in [0.15, 0.2) is 6.20 Å². The Balaban J connectivity index is 2.83. The monoisotopic (exact) mass is 409 g/mol. The number of nitrogens with zero attached hydrogens (tertiary/aromatic N) is 3. The maximum atomic E-state index is 12.1. The molecule has 1 heterocycles. The first-order chi connectivity index (χ1) is 13.4. The molecular weight excluding hydrogens is 366 g/mol. The highest BCUT2D eigenvalue weighted by Crippen LogP contribution is 2.39. The maximum Gasteiger partial charge on any atom is 0.135 e.